The van der Waals surface area contributed by atoms with Crippen LogP contribution in [0.3, 0.4) is 0 Å². The molecule has 0 bridgehead atoms. The van der Waals surface area contributed by atoms with E-state index in [1.807, 2.05) is 25.1 Å². The molecule has 2 heterocycles. The van der Waals surface area contributed by atoms with E-state index in [1.165, 1.54) is 5.52 Å². The highest BCUT2D eigenvalue weighted by atomic mass is 35.5. The molecule has 1 aromatic heterocycles. The maximum atomic E-state index is 6.09. The number of nitrogens with zero attached hydrogens (tertiary/aromatic N) is 3. The van der Waals surface area contributed by atoms with Crippen LogP contribution in [0.4, 0.5) is 0 Å². The largest absolute Gasteiger partial charge is 0.494 e. The van der Waals surface area contributed by atoms with Crippen LogP contribution in [0.1, 0.15) is 37.2 Å². The lowest BCUT2D eigenvalue weighted by molar-refractivity contribution is 0.0176. The second kappa shape index (κ2) is 9.82. The van der Waals surface area contributed by atoms with Crippen LogP contribution < -0.4 is 4.74 Å². The van der Waals surface area contributed by atoms with Gasteiger partial charge in [-0.1, -0.05) is 23.7 Å². The average molecular weight is 428 g/mol. The van der Waals surface area contributed by atoms with Crippen LogP contribution in [0.2, 0.25) is 5.02 Å². The van der Waals surface area contributed by atoms with Gasteiger partial charge in [0.2, 0.25) is 0 Å². The van der Waals surface area contributed by atoms with Crippen molar-refractivity contribution in [2.24, 2.45) is 0 Å². The van der Waals surface area contributed by atoms with Crippen LogP contribution in [-0.2, 0) is 11.3 Å². The number of morpholine rings is 1. The average Bonchev–Trinajstić information content (AvgIpc) is 3.14. The summed E-state index contributed by atoms with van der Waals surface area (Å²) in [6.45, 7) is 9.40. The third-order valence-electron chi connectivity index (χ3n) is 5.83. The molecule has 1 unspecified atom stereocenters. The molecular formula is C24H30ClN3O2. The van der Waals surface area contributed by atoms with Gasteiger partial charge >= 0.3 is 0 Å². The van der Waals surface area contributed by atoms with Gasteiger partial charge in [0.1, 0.15) is 11.6 Å². The molecule has 2 aromatic carbocycles. The molecule has 1 atom stereocenters. The van der Waals surface area contributed by atoms with Gasteiger partial charge in [0.15, 0.2) is 0 Å². The third kappa shape index (κ3) is 4.80. The van der Waals surface area contributed by atoms with Crippen molar-refractivity contribution >= 4 is 22.6 Å². The number of imidazole rings is 1. The van der Waals surface area contributed by atoms with Crippen molar-refractivity contribution in [3.63, 3.8) is 0 Å². The van der Waals surface area contributed by atoms with E-state index < -0.39 is 0 Å². The molecular weight excluding hydrogens is 398 g/mol. The number of ether oxygens (including phenoxy) is 2. The third-order valence-corrected chi connectivity index (χ3v) is 6.25. The summed E-state index contributed by atoms with van der Waals surface area (Å²) in [6.07, 6.45) is 2.02. The quantitative estimate of drug-likeness (QED) is 0.460. The lowest BCUT2D eigenvalue weighted by Crippen LogP contribution is -2.39. The summed E-state index contributed by atoms with van der Waals surface area (Å²) in [5.41, 5.74) is 3.32. The number of aryl methyl sites for hydroxylation is 2. The van der Waals surface area contributed by atoms with Crippen molar-refractivity contribution in [2.45, 2.75) is 39.3 Å². The van der Waals surface area contributed by atoms with Crippen LogP contribution in [0.15, 0.2) is 42.5 Å². The monoisotopic (exact) mass is 427 g/mol. The van der Waals surface area contributed by atoms with Gasteiger partial charge in [-0.15, -0.1) is 0 Å². The molecule has 160 valence electrons. The number of aromatic nitrogens is 2. The minimum Gasteiger partial charge on any atom is -0.494 e. The molecule has 30 heavy (non-hydrogen) atoms. The standard InChI is InChI=1S/C24H30ClN3O2/c1-18-17-20(9-10-21(18)25)30-14-6-5-11-28-23-8-4-3-7-22(23)26-24(28)19(2)27-12-15-29-16-13-27/h3-4,7-10,17,19H,5-6,11-16H2,1-2H3. The predicted octanol–water partition coefficient (Wildman–Crippen LogP) is 5.25. The molecule has 0 amide bonds. The topological polar surface area (TPSA) is 39.5 Å². The van der Waals surface area contributed by atoms with Gasteiger partial charge in [-0.05, 0) is 62.6 Å². The fourth-order valence-electron chi connectivity index (χ4n) is 4.05. The molecule has 6 heteroatoms. The van der Waals surface area contributed by atoms with E-state index in [9.17, 15) is 0 Å². The maximum absolute atomic E-state index is 6.09. The Hall–Kier alpha value is -2.08. The second-order valence-corrected chi connectivity index (χ2v) is 8.31. The SMILES string of the molecule is Cc1cc(OCCCCn2c(C(C)N3CCOCC3)nc3ccccc32)ccc1Cl. The summed E-state index contributed by atoms with van der Waals surface area (Å²) in [5.74, 6) is 2.03. The number of rotatable bonds is 8. The normalized spacial score (nSPS) is 16.1. The number of halogens is 1. The van der Waals surface area contributed by atoms with Crippen LogP contribution >= 0.6 is 11.6 Å². The summed E-state index contributed by atoms with van der Waals surface area (Å²) >= 11 is 6.09. The van der Waals surface area contributed by atoms with Gasteiger partial charge in [-0.2, -0.15) is 0 Å². The second-order valence-electron chi connectivity index (χ2n) is 7.90. The Morgan fingerprint density at radius 1 is 1.13 bits per heavy atom. The first kappa shape index (κ1) is 21.2. The molecule has 1 saturated heterocycles. The highest BCUT2D eigenvalue weighted by Gasteiger charge is 2.23. The van der Waals surface area contributed by atoms with Gasteiger partial charge in [0.05, 0.1) is 36.9 Å². The van der Waals surface area contributed by atoms with Crippen molar-refractivity contribution in [1.82, 2.24) is 14.5 Å². The van der Waals surface area contributed by atoms with E-state index in [1.54, 1.807) is 0 Å². The molecule has 1 aliphatic rings. The number of benzene rings is 2. The Labute approximate surface area is 183 Å². The fourth-order valence-corrected chi connectivity index (χ4v) is 4.16. The van der Waals surface area contributed by atoms with Gasteiger partial charge in [0.25, 0.3) is 0 Å². The highest BCUT2D eigenvalue weighted by molar-refractivity contribution is 6.31. The first-order valence-electron chi connectivity index (χ1n) is 10.8. The van der Waals surface area contributed by atoms with Crippen LogP contribution in [0.25, 0.3) is 11.0 Å². The van der Waals surface area contributed by atoms with Gasteiger partial charge < -0.3 is 14.0 Å². The molecule has 5 nitrogen and oxygen atoms in total. The van der Waals surface area contributed by atoms with E-state index in [2.05, 4.69) is 40.7 Å². The molecule has 0 saturated carbocycles. The van der Waals surface area contributed by atoms with Crippen molar-refractivity contribution in [1.29, 1.82) is 0 Å². The van der Waals surface area contributed by atoms with E-state index in [4.69, 9.17) is 26.1 Å². The van der Waals surface area contributed by atoms with E-state index in [-0.39, 0.29) is 6.04 Å². The maximum Gasteiger partial charge on any atom is 0.127 e. The molecule has 3 aromatic rings. The Balaban J connectivity index is 1.40. The zero-order chi connectivity index (χ0) is 20.9. The molecule has 1 fully saturated rings. The molecule has 1 aliphatic heterocycles. The summed E-state index contributed by atoms with van der Waals surface area (Å²) < 4.78 is 13.8. The number of unbranched alkanes of at least 4 members (excludes halogenated alkanes) is 1. The number of para-hydroxylation sites is 2. The molecule has 0 spiro atoms. The van der Waals surface area contributed by atoms with Crippen molar-refractivity contribution < 1.29 is 9.47 Å². The van der Waals surface area contributed by atoms with Crippen molar-refractivity contribution in [3.05, 3.63) is 58.9 Å². The van der Waals surface area contributed by atoms with Crippen LogP contribution in [0.5, 0.6) is 5.75 Å². The minimum atomic E-state index is 0.273. The number of fused-ring (bicyclic) bond motifs is 1. The molecule has 4 rings (SSSR count). The number of hydrogen-bond acceptors (Lipinski definition) is 4. The van der Waals surface area contributed by atoms with Gasteiger partial charge in [0, 0.05) is 24.7 Å². The zero-order valence-electron chi connectivity index (χ0n) is 17.8. The molecule has 0 N–H and O–H groups in total. The summed E-state index contributed by atoms with van der Waals surface area (Å²) in [5, 5.41) is 0.774. The van der Waals surface area contributed by atoms with Crippen LogP contribution in [0, 0.1) is 6.92 Å². The Kier molecular flexibility index (Phi) is 6.93. The van der Waals surface area contributed by atoms with Crippen molar-refractivity contribution in [3.8, 4) is 5.75 Å². The Morgan fingerprint density at radius 2 is 1.93 bits per heavy atom. The zero-order valence-corrected chi connectivity index (χ0v) is 18.6. The smallest absolute Gasteiger partial charge is 0.127 e. The summed E-state index contributed by atoms with van der Waals surface area (Å²) in [7, 11) is 0. The summed E-state index contributed by atoms with van der Waals surface area (Å²) in [6, 6.07) is 14.5. The predicted molar refractivity (Wildman–Crippen MR) is 121 cm³/mol. The van der Waals surface area contributed by atoms with Gasteiger partial charge in [-0.25, -0.2) is 4.98 Å². The number of hydrogen-bond donors (Lipinski definition) is 0. The van der Waals surface area contributed by atoms with E-state index in [0.29, 0.717) is 6.61 Å². The molecule has 0 aliphatic carbocycles. The first-order chi connectivity index (χ1) is 14.6. The minimum absolute atomic E-state index is 0.273. The first-order valence-corrected chi connectivity index (χ1v) is 11.2. The fraction of sp³-hybridized carbons (Fsp3) is 0.458. The lowest BCUT2D eigenvalue weighted by Gasteiger charge is -2.32. The summed E-state index contributed by atoms with van der Waals surface area (Å²) in [4.78, 5) is 7.45. The van der Waals surface area contributed by atoms with Crippen molar-refractivity contribution in [2.75, 3.05) is 32.9 Å². The van der Waals surface area contributed by atoms with E-state index >= 15 is 0 Å². The lowest BCUT2D eigenvalue weighted by atomic mass is 10.2. The Morgan fingerprint density at radius 3 is 2.73 bits per heavy atom. The van der Waals surface area contributed by atoms with Gasteiger partial charge in [-0.3, -0.25) is 4.90 Å². The molecule has 0 radical (unpaired) electrons. The van der Waals surface area contributed by atoms with E-state index in [0.717, 1.165) is 73.4 Å². The Bertz CT molecular complexity index is 982. The van der Waals surface area contributed by atoms with Crippen LogP contribution in [-0.4, -0.2) is 47.4 Å². The highest BCUT2D eigenvalue weighted by Crippen LogP contribution is 2.26.